The Morgan fingerprint density at radius 2 is 2.00 bits per heavy atom. The number of aryl methyl sites for hydroxylation is 1. The smallest absolute Gasteiger partial charge is 0.276 e. The van der Waals surface area contributed by atoms with Gasteiger partial charge in [0.2, 0.25) is 0 Å². The van der Waals surface area contributed by atoms with Crippen molar-refractivity contribution in [1.29, 1.82) is 0 Å². The number of nitro groups is 1. The third-order valence-electron chi connectivity index (χ3n) is 1.93. The summed E-state index contributed by atoms with van der Waals surface area (Å²) in [6.45, 7) is 1.60. The van der Waals surface area contributed by atoms with Crippen molar-refractivity contribution in [2.45, 2.75) is 10.7 Å². The lowest BCUT2D eigenvalue weighted by molar-refractivity contribution is -0.384. The molecule has 1 rings (SSSR count). The molecule has 0 atom stereocenters. The summed E-state index contributed by atoms with van der Waals surface area (Å²) in [5.41, 5.74) is 0.781. The predicted octanol–water partition coefficient (Wildman–Crippen LogP) is 3.21. The van der Waals surface area contributed by atoms with Crippen molar-refractivity contribution in [1.82, 2.24) is 0 Å². The molecule has 17 heavy (non-hydrogen) atoms. The van der Waals surface area contributed by atoms with E-state index in [4.69, 9.17) is 34.8 Å². The zero-order valence-corrected chi connectivity index (χ0v) is 10.8. The van der Waals surface area contributed by atoms with E-state index in [1.165, 1.54) is 18.2 Å². The van der Waals surface area contributed by atoms with Gasteiger partial charge in [0.05, 0.1) is 4.92 Å². The number of rotatable bonds is 2. The summed E-state index contributed by atoms with van der Waals surface area (Å²) in [5, 5.41) is 12.9. The maximum absolute atomic E-state index is 11.4. The van der Waals surface area contributed by atoms with Gasteiger partial charge in [-0.15, -0.1) is 0 Å². The van der Waals surface area contributed by atoms with Gasteiger partial charge in [-0.1, -0.05) is 34.8 Å². The molecule has 0 fully saturated rings. The number of nitrogens with one attached hydrogen (secondary N) is 1. The molecule has 0 aliphatic rings. The zero-order chi connectivity index (χ0) is 13.2. The van der Waals surface area contributed by atoms with E-state index in [-0.39, 0.29) is 5.69 Å². The van der Waals surface area contributed by atoms with Crippen molar-refractivity contribution in [2.24, 2.45) is 0 Å². The molecule has 92 valence electrons. The predicted molar refractivity (Wildman–Crippen MR) is 66.8 cm³/mol. The summed E-state index contributed by atoms with van der Waals surface area (Å²) < 4.78 is -2.08. The molecule has 1 N–H and O–H groups in total. The third-order valence-corrected chi connectivity index (χ3v) is 2.44. The van der Waals surface area contributed by atoms with Crippen molar-refractivity contribution < 1.29 is 9.72 Å². The standard InChI is InChI=1S/C9H7Cl3N2O3/c1-5-4-6(14(16)17)2-3-7(5)13-8(15)9(10,11)12/h2-4H,1H3,(H,13,15). The number of alkyl halides is 3. The minimum absolute atomic E-state index is 0.0746. The first kappa shape index (κ1) is 14.0. The first-order valence-electron chi connectivity index (χ1n) is 4.35. The highest BCUT2D eigenvalue weighted by molar-refractivity contribution is 6.76. The van der Waals surface area contributed by atoms with E-state index in [0.717, 1.165) is 0 Å². The molecule has 0 saturated heterocycles. The van der Waals surface area contributed by atoms with Crippen LogP contribution < -0.4 is 5.32 Å². The number of nitro benzene ring substituents is 1. The van der Waals surface area contributed by atoms with Crippen LogP contribution >= 0.6 is 34.8 Å². The normalized spacial score (nSPS) is 11.1. The van der Waals surface area contributed by atoms with Crippen molar-refractivity contribution >= 4 is 52.1 Å². The van der Waals surface area contributed by atoms with Crippen LogP contribution in [-0.4, -0.2) is 14.6 Å². The van der Waals surface area contributed by atoms with Crippen LogP contribution in [0.3, 0.4) is 0 Å². The Kier molecular flexibility index (Phi) is 4.19. The van der Waals surface area contributed by atoms with Gasteiger partial charge in [-0.3, -0.25) is 14.9 Å². The number of amides is 1. The number of halogens is 3. The number of hydrogen-bond donors (Lipinski definition) is 1. The number of nitrogens with zero attached hydrogens (tertiary/aromatic N) is 1. The molecule has 0 radical (unpaired) electrons. The van der Waals surface area contributed by atoms with Crippen molar-refractivity contribution in [3.05, 3.63) is 33.9 Å². The summed E-state index contributed by atoms with van der Waals surface area (Å²) in [4.78, 5) is 21.3. The molecule has 8 heteroatoms. The molecular weight excluding hydrogens is 290 g/mol. The van der Waals surface area contributed by atoms with Crippen LogP contribution in [0.2, 0.25) is 0 Å². The van der Waals surface area contributed by atoms with E-state index >= 15 is 0 Å². The Morgan fingerprint density at radius 3 is 2.41 bits per heavy atom. The number of non-ortho nitro benzene ring substituents is 1. The average molecular weight is 298 g/mol. The second kappa shape index (κ2) is 5.08. The molecule has 0 aliphatic carbocycles. The highest BCUT2D eigenvalue weighted by atomic mass is 35.6. The van der Waals surface area contributed by atoms with Gasteiger partial charge in [0.1, 0.15) is 0 Å². The van der Waals surface area contributed by atoms with E-state index in [0.29, 0.717) is 11.3 Å². The molecule has 1 aromatic rings. The summed E-state index contributed by atoms with van der Waals surface area (Å²) in [6.07, 6.45) is 0. The number of anilines is 1. The van der Waals surface area contributed by atoms with E-state index < -0.39 is 14.6 Å². The van der Waals surface area contributed by atoms with E-state index in [1.807, 2.05) is 0 Å². The van der Waals surface area contributed by atoms with Crippen molar-refractivity contribution in [3.63, 3.8) is 0 Å². The van der Waals surface area contributed by atoms with Gasteiger partial charge < -0.3 is 5.32 Å². The van der Waals surface area contributed by atoms with E-state index in [2.05, 4.69) is 5.32 Å². The van der Waals surface area contributed by atoms with Crippen LogP contribution in [0.4, 0.5) is 11.4 Å². The molecule has 0 spiro atoms. The quantitative estimate of drug-likeness (QED) is 0.517. The maximum atomic E-state index is 11.4. The van der Waals surface area contributed by atoms with Gasteiger partial charge in [-0.25, -0.2) is 0 Å². The van der Waals surface area contributed by atoms with Gasteiger partial charge in [0, 0.05) is 17.8 Å². The summed E-state index contributed by atoms with van der Waals surface area (Å²) >= 11 is 16.1. The van der Waals surface area contributed by atoms with E-state index in [1.54, 1.807) is 6.92 Å². The van der Waals surface area contributed by atoms with Gasteiger partial charge in [-0.2, -0.15) is 0 Å². The lowest BCUT2D eigenvalue weighted by Gasteiger charge is -2.12. The molecule has 0 saturated carbocycles. The van der Waals surface area contributed by atoms with Gasteiger partial charge in [0.15, 0.2) is 0 Å². The molecule has 0 aromatic heterocycles. The molecular formula is C9H7Cl3N2O3. The topological polar surface area (TPSA) is 72.2 Å². The first-order chi connectivity index (χ1) is 7.71. The summed E-state index contributed by atoms with van der Waals surface area (Å²) in [6, 6.07) is 3.94. The minimum atomic E-state index is -2.08. The first-order valence-corrected chi connectivity index (χ1v) is 5.48. The van der Waals surface area contributed by atoms with Crippen molar-refractivity contribution in [2.75, 3.05) is 5.32 Å². The van der Waals surface area contributed by atoms with Gasteiger partial charge >= 0.3 is 0 Å². The Hall–Kier alpha value is -1.04. The molecule has 0 unspecified atom stereocenters. The Morgan fingerprint density at radius 1 is 1.41 bits per heavy atom. The molecule has 5 nitrogen and oxygen atoms in total. The fourth-order valence-corrected chi connectivity index (χ4v) is 1.24. The largest absolute Gasteiger partial charge is 0.322 e. The van der Waals surface area contributed by atoms with Crippen LogP contribution in [0.15, 0.2) is 18.2 Å². The average Bonchev–Trinajstić information content (AvgIpc) is 2.19. The van der Waals surface area contributed by atoms with Crippen LogP contribution in [0.1, 0.15) is 5.56 Å². The number of carbonyl (C=O) groups excluding carboxylic acids is 1. The fourth-order valence-electron chi connectivity index (χ4n) is 1.09. The lowest BCUT2D eigenvalue weighted by atomic mass is 10.2. The third kappa shape index (κ3) is 3.73. The Balaban J connectivity index is 2.95. The zero-order valence-electron chi connectivity index (χ0n) is 8.54. The van der Waals surface area contributed by atoms with Gasteiger partial charge in [0.25, 0.3) is 15.4 Å². The highest BCUT2D eigenvalue weighted by Crippen LogP contribution is 2.29. The van der Waals surface area contributed by atoms with Crippen LogP contribution in [-0.2, 0) is 4.79 Å². The Labute approximate surface area is 112 Å². The number of hydrogen-bond acceptors (Lipinski definition) is 3. The summed E-state index contributed by atoms with van der Waals surface area (Å²) in [7, 11) is 0. The van der Waals surface area contributed by atoms with Crippen LogP contribution in [0.5, 0.6) is 0 Å². The molecule has 1 amide bonds. The second-order valence-corrected chi connectivity index (χ2v) is 5.49. The molecule has 0 heterocycles. The van der Waals surface area contributed by atoms with Gasteiger partial charge in [-0.05, 0) is 18.6 Å². The highest BCUT2D eigenvalue weighted by Gasteiger charge is 2.30. The summed E-state index contributed by atoms with van der Waals surface area (Å²) in [5.74, 6) is -0.820. The molecule has 0 aliphatic heterocycles. The van der Waals surface area contributed by atoms with Crippen LogP contribution in [0, 0.1) is 17.0 Å². The molecule has 1 aromatic carbocycles. The SMILES string of the molecule is Cc1cc([N+](=O)[O-])ccc1NC(=O)C(Cl)(Cl)Cl. The fraction of sp³-hybridized carbons (Fsp3) is 0.222. The lowest BCUT2D eigenvalue weighted by Crippen LogP contribution is -2.27. The monoisotopic (exact) mass is 296 g/mol. The maximum Gasteiger partial charge on any atom is 0.276 e. The van der Waals surface area contributed by atoms with Crippen LogP contribution in [0.25, 0.3) is 0 Å². The second-order valence-electron chi connectivity index (χ2n) is 3.21. The molecule has 0 bridgehead atoms. The number of carbonyl (C=O) groups is 1. The Bertz CT molecular complexity index is 471. The van der Waals surface area contributed by atoms with E-state index in [9.17, 15) is 14.9 Å². The van der Waals surface area contributed by atoms with Crippen molar-refractivity contribution in [3.8, 4) is 0 Å². The minimum Gasteiger partial charge on any atom is -0.322 e. The number of benzene rings is 1.